The Morgan fingerprint density at radius 1 is 0.542 bits per heavy atom. The van der Waals surface area contributed by atoms with Crippen LogP contribution in [-0.4, -0.2) is 0 Å². The van der Waals surface area contributed by atoms with Crippen LogP contribution in [0.25, 0.3) is 11.1 Å². The van der Waals surface area contributed by atoms with Gasteiger partial charge in [-0.05, 0) is 47.2 Å². The molecule has 0 aliphatic heterocycles. The molecule has 0 nitrogen and oxygen atoms in total. The Bertz CT molecular complexity index is 802. The highest BCUT2D eigenvalue weighted by molar-refractivity contribution is 5.89. The Morgan fingerprint density at radius 2 is 0.875 bits per heavy atom. The maximum atomic E-state index is 4.33. The van der Waals surface area contributed by atoms with Crippen LogP contribution in [0.1, 0.15) is 33.4 Å². The molecule has 0 aliphatic rings. The van der Waals surface area contributed by atoms with Crippen LogP contribution in [0.4, 0.5) is 0 Å². The number of hydrogen-bond donors (Lipinski definition) is 0. The molecule has 0 spiro atoms. The Kier molecular flexibility index (Phi) is 4.48. The van der Waals surface area contributed by atoms with Crippen LogP contribution in [0.5, 0.6) is 0 Å². The molecule has 118 valence electrons. The molecule has 0 atom stereocenters. The van der Waals surface area contributed by atoms with Gasteiger partial charge in [0.05, 0.1) is 0 Å². The van der Waals surface area contributed by atoms with Crippen LogP contribution in [0.3, 0.4) is 0 Å². The van der Waals surface area contributed by atoms with Crippen molar-refractivity contribution in [2.24, 2.45) is 0 Å². The molecule has 3 aromatic rings. The summed E-state index contributed by atoms with van der Waals surface area (Å²) in [6, 6.07) is 25.4. The van der Waals surface area contributed by atoms with Gasteiger partial charge in [-0.2, -0.15) is 0 Å². The van der Waals surface area contributed by atoms with Crippen molar-refractivity contribution in [2.45, 2.75) is 13.8 Å². The molecule has 0 N–H and O–H groups in total. The molecule has 0 amide bonds. The van der Waals surface area contributed by atoms with Crippen molar-refractivity contribution in [3.05, 3.63) is 119 Å². The average Bonchev–Trinajstić information content (AvgIpc) is 2.62. The number of rotatable bonds is 4. The van der Waals surface area contributed by atoms with E-state index in [0.29, 0.717) is 0 Å². The molecule has 0 fully saturated rings. The molecular weight excluding hydrogens is 288 g/mol. The van der Waals surface area contributed by atoms with Gasteiger partial charge in [-0.15, -0.1) is 0 Å². The second-order valence-electron chi connectivity index (χ2n) is 6.23. The highest BCUT2D eigenvalue weighted by atomic mass is 14.1. The number of hydrogen-bond acceptors (Lipinski definition) is 0. The van der Waals surface area contributed by atoms with Crippen LogP contribution in [-0.2, 0) is 0 Å². The lowest BCUT2D eigenvalue weighted by molar-refractivity contribution is 1.43. The number of benzene rings is 3. The van der Waals surface area contributed by atoms with Gasteiger partial charge in [0, 0.05) is 0 Å². The zero-order valence-electron chi connectivity index (χ0n) is 14.3. The van der Waals surface area contributed by atoms with E-state index in [-0.39, 0.29) is 0 Å². The Labute approximate surface area is 144 Å². The van der Waals surface area contributed by atoms with Gasteiger partial charge in [0.2, 0.25) is 0 Å². The minimum absolute atomic E-state index is 1.03. The fourth-order valence-electron chi connectivity index (χ4n) is 2.83. The van der Waals surface area contributed by atoms with Gasteiger partial charge in [0.15, 0.2) is 0 Å². The maximum Gasteiger partial charge on any atom is -0.0105 e. The lowest BCUT2D eigenvalue weighted by Gasteiger charge is -2.15. The van der Waals surface area contributed by atoms with Crippen molar-refractivity contribution in [1.29, 1.82) is 0 Å². The largest absolute Gasteiger partial charge is 0.0905 e. The summed E-state index contributed by atoms with van der Waals surface area (Å²) in [4.78, 5) is 0. The van der Waals surface area contributed by atoms with E-state index < -0.39 is 0 Å². The molecule has 0 heterocycles. The second kappa shape index (κ2) is 6.72. The molecule has 0 aliphatic carbocycles. The Hall–Kier alpha value is -2.86. The monoisotopic (exact) mass is 310 g/mol. The average molecular weight is 310 g/mol. The summed E-state index contributed by atoms with van der Waals surface area (Å²) in [5.41, 5.74) is 9.11. The van der Waals surface area contributed by atoms with Crippen LogP contribution < -0.4 is 0 Å². The van der Waals surface area contributed by atoms with Gasteiger partial charge in [0.1, 0.15) is 0 Å². The molecule has 0 unspecified atom stereocenters. The smallest absolute Gasteiger partial charge is 0.0105 e. The first-order chi connectivity index (χ1) is 11.6. The lowest BCUT2D eigenvalue weighted by atomic mass is 9.89. The molecule has 24 heavy (non-hydrogen) atoms. The van der Waals surface area contributed by atoms with E-state index >= 15 is 0 Å². The summed E-state index contributed by atoms with van der Waals surface area (Å²) in [5, 5.41) is 0. The van der Waals surface area contributed by atoms with Gasteiger partial charge < -0.3 is 0 Å². The highest BCUT2D eigenvalue weighted by Gasteiger charge is 2.11. The molecule has 0 saturated heterocycles. The van der Waals surface area contributed by atoms with Crippen LogP contribution in [0.2, 0.25) is 0 Å². The molecule has 3 rings (SSSR count). The van der Waals surface area contributed by atoms with Crippen LogP contribution in [0, 0.1) is 13.8 Å². The van der Waals surface area contributed by atoms with E-state index in [1.807, 2.05) is 0 Å². The fraction of sp³-hybridized carbons (Fsp3) is 0.0833. The van der Waals surface area contributed by atoms with E-state index in [1.165, 1.54) is 11.1 Å². The summed E-state index contributed by atoms with van der Waals surface area (Å²) in [6.45, 7) is 12.9. The van der Waals surface area contributed by atoms with Gasteiger partial charge in [0.25, 0.3) is 0 Å². The van der Waals surface area contributed by atoms with Crippen molar-refractivity contribution in [3.63, 3.8) is 0 Å². The molecular formula is C24H22. The second-order valence-corrected chi connectivity index (χ2v) is 6.23. The molecule has 0 heteroatoms. The van der Waals surface area contributed by atoms with Crippen LogP contribution >= 0.6 is 0 Å². The van der Waals surface area contributed by atoms with Gasteiger partial charge in [-0.25, -0.2) is 0 Å². The first-order valence-corrected chi connectivity index (χ1v) is 8.18. The third-order valence-electron chi connectivity index (χ3n) is 4.38. The summed E-state index contributed by atoms with van der Waals surface area (Å²) in [5.74, 6) is 0. The van der Waals surface area contributed by atoms with Crippen molar-refractivity contribution >= 4 is 11.1 Å². The zero-order chi connectivity index (χ0) is 17.1. The van der Waals surface area contributed by atoms with Crippen molar-refractivity contribution in [3.8, 4) is 0 Å². The van der Waals surface area contributed by atoms with E-state index in [1.54, 1.807) is 0 Å². The predicted octanol–water partition coefficient (Wildman–Crippen LogP) is 6.43. The molecule has 0 saturated carbocycles. The lowest BCUT2D eigenvalue weighted by Crippen LogP contribution is -1.95. The van der Waals surface area contributed by atoms with Crippen molar-refractivity contribution in [1.82, 2.24) is 0 Å². The first-order valence-electron chi connectivity index (χ1n) is 8.18. The Morgan fingerprint density at radius 3 is 1.21 bits per heavy atom. The summed E-state index contributed by atoms with van der Waals surface area (Å²) >= 11 is 0. The van der Waals surface area contributed by atoms with E-state index in [0.717, 1.165) is 33.4 Å². The van der Waals surface area contributed by atoms with E-state index in [4.69, 9.17) is 0 Å². The van der Waals surface area contributed by atoms with Gasteiger partial charge in [-0.1, -0.05) is 97.1 Å². The minimum atomic E-state index is 1.03. The van der Waals surface area contributed by atoms with Crippen molar-refractivity contribution in [2.75, 3.05) is 0 Å². The predicted molar refractivity (Wildman–Crippen MR) is 105 cm³/mol. The fourth-order valence-corrected chi connectivity index (χ4v) is 2.83. The van der Waals surface area contributed by atoms with Gasteiger partial charge in [-0.3, -0.25) is 0 Å². The molecule has 3 aromatic carbocycles. The van der Waals surface area contributed by atoms with E-state index in [9.17, 15) is 0 Å². The quantitative estimate of drug-likeness (QED) is 0.521. The first kappa shape index (κ1) is 16.0. The summed E-state index contributed by atoms with van der Waals surface area (Å²) < 4.78 is 0. The zero-order valence-corrected chi connectivity index (χ0v) is 14.3. The van der Waals surface area contributed by atoms with Crippen molar-refractivity contribution < 1.29 is 0 Å². The summed E-state index contributed by atoms with van der Waals surface area (Å²) in [6.07, 6.45) is 0. The van der Waals surface area contributed by atoms with Crippen LogP contribution in [0.15, 0.2) is 86.0 Å². The number of aryl methyl sites for hydroxylation is 2. The topological polar surface area (TPSA) is 0 Å². The normalized spacial score (nSPS) is 10.4. The Balaban J connectivity index is 2.01. The summed E-state index contributed by atoms with van der Waals surface area (Å²) in [7, 11) is 0. The standard InChI is InChI=1S/C24H22/c1-17-9-13-21(14-10-17)19(3)23-7-5-6-8-24(23)20(4)22-15-11-18(2)12-16-22/h5-16H,3-4H2,1-2H3. The third-order valence-corrected chi connectivity index (χ3v) is 4.38. The molecule has 0 radical (unpaired) electrons. The maximum absolute atomic E-state index is 4.33. The SMILES string of the molecule is C=C(c1ccc(C)cc1)c1ccccc1C(=C)c1ccc(C)cc1. The van der Waals surface area contributed by atoms with Gasteiger partial charge >= 0.3 is 0 Å². The molecule has 0 aromatic heterocycles. The van der Waals surface area contributed by atoms with E-state index in [2.05, 4.69) is 99.8 Å². The third kappa shape index (κ3) is 3.23. The minimum Gasteiger partial charge on any atom is -0.0905 e. The highest BCUT2D eigenvalue weighted by Crippen LogP contribution is 2.31. The molecule has 0 bridgehead atoms.